The zero-order valence-electron chi connectivity index (χ0n) is 18.3. The summed E-state index contributed by atoms with van der Waals surface area (Å²) in [7, 11) is 2.09. The molecule has 0 saturated heterocycles. The second-order valence-corrected chi connectivity index (χ2v) is 9.01. The maximum absolute atomic E-state index is 12.6. The molecule has 3 aromatic rings. The number of nitrogens with one attached hydrogen (secondary N) is 1. The van der Waals surface area contributed by atoms with Crippen LogP contribution in [0.4, 0.5) is 0 Å². The van der Waals surface area contributed by atoms with Gasteiger partial charge in [0.05, 0.1) is 17.4 Å². The van der Waals surface area contributed by atoms with E-state index >= 15 is 0 Å². The van der Waals surface area contributed by atoms with Gasteiger partial charge in [-0.1, -0.05) is 72.4 Å². The number of benzene rings is 2. The molecule has 1 atom stereocenters. The van der Waals surface area contributed by atoms with Gasteiger partial charge in [-0.2, -0.15) is 5.26 Å². The third-order valence-corrected chi connectivity index (χ3v) is 6.68. The van der Waals surface area contributed by atoms with Crippen LogP contribution in [0, 0.1) is 11.3 Å². The van der Waals surface area contributed by atoms with Gasteiger partial charge in [-0.25, -0.2) is 4.98 Å². The summed E-state index contributed by atoms with van der Waals surface area (Å²) >= 11 is 1.34. The first-order valence-corrected chi connectivity index (χ1v) is 11.7. The zero-order chi connectivity index (χ0) is 22.5. The summed E-state index contributed by atoms with van der Waals surface area (Å²) in [6.07, 6.45) is 0.835. The van der Waals surface area contributed by atoms with Gasteiger partial charge in [0.2, 0.25) is 5.91 Å². The summed E-state index contributed by atoms with van der Waals surface area (Å²) in [6.45, 7) is 3.67. The third kappa shape index (κ3) is 4.85. The molecule has 0 aliphatic carbocycles. The predicted octanol–water partition coefficient (Wildman–Crippen LogP) is 4.58. The fraction of sp³-hybridized carbons (Fsp3) is 0.269. The van der Waals surface area contributed by atoms with Gasteiger partial charge >= 0.3 is 0 Å². The Morgan fingerprint density at radius 2 is 1.88 bits per heavy atom. The van der Waals surface area contributed by atoms with E-state index in [1.54, 1.807) is 0 Å². The number of nitrogens with zero attached hydrogens (tertiary/aromatic N) is 3. The number of fused-ring (bicyclic) bond motifs is 1. The van der Waals surface area contributed by atoms with Gasteiger partial charge < -0.3 is 10.2 Å². The molecule has 32 heavy (non-hydrogen) atoms. The van der Waals surface area contributed by atoms with Crippen LogP contribution >= 0.6 is 11.8 Å². The van der Waals surface area contributed by atoms with Gasteiger partial charge in [-0.05, 0) is 30.7 Å². The number of carbonyl (C=O) groups excluding carboxylic acids is 1. The molecule has 0 bridgehead atoms. The number of nitriles is 1. The molecule has 1 aromatic heterocycles. The SMILES string of the molecule is C[C@@H](NC(=O)CSc1nc2c(c(-c3ccccc3)c1C#N)CN(C)CC2)c1ccccc1. The Kier molecular flexibility index (Phi) is 6.89. The minimum atomic E-state index is -0.0772. The van der Waals surface area contributed by atoms with E-state index in [1.807, 2.05) is 67.6 Å². The summed E-state index contributed by atoms with van der Waals surface area (Å²) in [5.74, 6) is 0.141. The summed E-state index contributed by atoms with van der Waals surface area (Å²) in [6, 6.07) is 22.2. The minimum Gasteiger partial charge on any atom is -0.349 e. The van der Waals surface area contributed by atoms with Crippen LogP contribution in [0.25, 0.3) is 11.1 Å². The smallest absolute Gasteiger partial charge is 0.230 e. The molecule has 5 nitrogen and oxygen atoms in total. The predicted molar refractivity (Wildman–Crippen MR) is 128 cm³/mol. The molecule has 6 heteroatoms. The van der Waals surface area contributed by atoms with Crippen molar-refractivity contribution in [2.75, 3.05) is 19.3 Å². The van der Waals surface area contributed by atoms with E-state index in [0.29, 0.717) is 10.6 Å². The van der Waals surface area contributed by atoms with E-state index in [-0.39, 0.29) is 17.7 Å². The standard InChI is InChI=1S/C26H26N4OS/c1-18(19-9-5-3-6-10-19)28-24(31)17-32-26-21(15-27)25(20-11-7-4-8-12-20)22-16-30(2)14-13-23(22)29-26/h3-12,18H,13-14,16-17H2,1-2H3,(H,28,31)/t18-/m1/s1. The van der Waals surface area contributed by atoms with Crippen molar-refractivity contribution >= 4 is 17.7 Å². The molecule has 162 valence electrons. The molecule has 1 amide bonds. The molecule has 0 unspecified atom stereocenters. The lowest BCUT2D eigenvalue weighted by Crippen LogP contribution is -2.29. The quantitative estimate of drug-likeness (QED) is 0.566. The maximum Gasteiger partial charge on any atom is 0.230 e. The number of carbonyl (C=O) groups is 1. The average molecular weight is 443 g/mol. The van der Waals surface area contributed by atoms with E-state index < -0.39 is 0 Å². The number of aromatic nitrogens is 1. The normalized spacial score (nSPS) is 14.3. The van der Waals surface area contributed by atoms with Crippen molar-refractivity contribution in [3.05, 3.63) is 83.0 Å². The first-order valence-electron chi connectivity index (χ1n) is 10.7. The molecule has 2 aromatic carbocycles. The van der Waals surface area contributed by atoms with Crippen LogP contribution in [0.3, 0.4) is 0 Å². The highest BCUT2D eigenvalue weighted by Gasteiger charge is 2.25. The first kappa shape index (κ1) is 22.1. The highest BCUT2D eigenvalue weighted by molar-refractivity contribution is 8.00. The molecule has 1 aliphatic heterocycles. The number of pyridine rings is 1. The summed E-state index contributed by atoms with van der Waals surface area (Å²) in [5.41, 5.74) is 5.73. The van der Waals surface area contributed by atoms with Gasteiger partial charge in [0.25, 0.3) is 0 Å². The lowest BCUT2D eigenvalue weighted by Gasteiger charge is -2.28. The number of thioether (sulfide) groups is 1. The summed E-state index contributed by atoms with van der Waals surface area (Å²) < 4.78 is 0. The molecule has 0 radical (unpaired) electrons. The number of amides is 1. The lowest BCUT2D eigenvalue weighted by molar-refractivity contribution is -0.119. The van der Waals surface area contributed by atoms with E-state index in [1.165, 1.54) is 11.8 Å². The van der Waals surface area contributed by atoms with Crippen LogP contribution in [0.2, 0.25) is 0 Å². The van der Waals surface area contributed by atoms with Gasteiger partial charge in [-0.15, -0.1) is 0 Å². The van der Waals surface area contributed by atoms with E-state index in [0.717, 1.165) is 47.5 Å². The van der Waals surface area contributed by atoms with Crippen molar-refractivity contribution in [3.63, 3.8) is 0 Å². The molecule has 1 N–H and O–H groups in total. The second-order valence-electron chi connectivity index (χ2n) is 8.05. The number of hydrogen-bond donors (Lipinski definition) is 1. The van der Waals surface area contributed by atoms with Crippen molar-refractivity contribution in [1.82, 2.24) is 15.2 Å². The van der Waals surface area contributed by atoms with Crippen LogP contribution in [0.5, 0.6) is 0 Å². The van der Waals surface area contributed by atoms with Gasteiger partial charge in [0.1, 0.15) is 11.1 Å². The lowest BCUT2D eigenvalue weighted by atomic mass is 9.92. The molecule has 4 rings (SSSR count). The topological polar surface area (TPSA) is 69.0 Å². The Morgan fingerprint density at radius 3 is 2.56 bits per heavy atom. The van der Waals surface area contributed by atoms with Crippen molar-refractivity contribution in [1.29, 1.82) is 5.26 Å². The largest absolute Gasteiger partial charge is 0.349 e. The van der Waals surface area contributed by atoms with E-state index in [2.05, 4.69) is 23.3 Å². The van der Waals surface area contributed by atoms with Gasteiger partial charge in [0.15, 0.2) is 0 Å². The average Bonchev–Trinajstić information content (AvgIpc) is 2.82. The molecule has 0 fully saturated rings. The minimum absolute atomic E-state index is 0.0734. The number of rotatable bonds is 6. The van der Waals surface area contributed by atoms with Crippen molar-refractivity contribution < 1.29 is 4.79 Å². The molecular weight excluding hydrogens is 416 g/mol. The Balaban J connectivity index is 1.60. The van der Waals surface area contributed by atoms with Crippen LogP contribution in [0.1, 0.15) is 35.3 Å². The fourth-order valence-corrected chi connectivity index (χ4v) is 4.86. The molecule has 2 heterocycles. The fourth-order valence-electron chi connectivity index (χ4n) is 4.04. The van der Waals surface area contributed by atoms with Crippen molar-refractivity contribution in [2.45, 2.75) is 31.0 Å². The highest BCUT2D eigenvalue weighted by Crippen LogP contribution is 2.37. The van der Waals surface area contributed by atoms with Crippen LogP contribution in [-0.2, 0) is 17.8 Å². The number of likely N-dealkylation sites (N-methyl/N-ethyl adjacent to an activating group) is 1. The molecule has 0 spiro atoms. The molecular formula is C26H26N4OS. The van der Waals surface area contributed by atoms with Crippen LogP contribution in [0.15, 0.2) is 65.7 Å². The monoisotopic (exact) mass is 442 g/mol. The van der Waals surface area contributed by atoms with Gasteiger partial charge in [0, 0.05) is 30.8 Å². The first-order chi connectivity index (χ1) is 15.6. The maximum atomic E-state index is 12.6. The Morgan fingerprint density at radius 1 is 1.19 bits per heavy atom. The highest BCUT2D eigenvalue weighted by atomic mass is 32.2. The van der Waals surface area contributed by atoms with Crippen molar-refractivity contribution in [2.24, 2.45) is 0 Å². The number of hydrogen-bond acceptors (Lipinski definition) is 5. The summed E-state index contributed by atoms with van der Waals surface area (Å²) in [5, 5.41) is 13.7. The summed E-state index contributed by atoms with van der Waals surface area (Å²) in [4.78, 5) is 19.7. The molecule has 1 aliphatic rings. The second kappa shape index (κ2) is 9.99. The van der Waals surface area contributed by atoms with Gasteiger partial charge in [-0.3, -0.25) is 4.79 Å². The third-order valence-electron chi connectivity index (χ3n) is 5.70. The van der Waals surface area contributed by atoms with E-state index in [9.17, 15) is 10.1 Å². The Labute approximate surface area is 193 Å². The van der Waals surface area contributed by atoms with Crippen LogP contribution < -0.4 is 5.32 Å². The van der Waals surface area contributed by atoms with E-state index in [4.69, 9.17) is 4.98 Å². The Bertz CT molecular complexity index is 1140. The Hall–Kier alpha value is -3.14. The van der Waals surface area contributed by atoms with Crippen molar-refractivity contribution in [3.8, 4) is 17.2 Å². The zero-order valence-corrected chi connectivity index (χ0v) is 19.2. The van der Waals surface area contributed by atoms with Crippen LogP contribution in [-0.4, -0.2) is 35.1 Å². The molecule has 0 saturated carbocycles.